The van der Waals surface area contributed by atoms with Gasteiger partial charge in [0, 0.05) is 23.2 Å². The topological polar surface area (TPSA) is 71.4 Å². The van der Waals surface area contributed by atoms with Gasteiger partial charge in [-0.15, -0.1) is 0 Å². The Morgan fingerprint density at radius 2 is 1.96 bits per heavy atom. The van der Waals surface area contributed by atoms with Crippen molar-refractivity contribution in [3.05, 3.63) is 23.8 Å². The van der Waals surface area contributed by atoms with Crippen LogP contribution in [0.15, 0.2) is 23.8 Å². The maximum absolute atomic E-state index is 13.3. The summed E-state index contributed by atoms with van der Waals surface area (Å²) in [5.74, 6) is 0.121. The fraction of sp³-hybridized carbons (Fsp3) is 0.667. The number of allylic oxidation sites excluding steroid dienone is 4. The highest BCUT2D eigenvalue weighted by atomic mass is 16.3. The van der Waals surface area contributed by atoms with Gasteiger partial charge < -0.3 is 5.11 Å². The molecule has 25 heavy (non-hydrogen) atoms. The molecule has 134 valence electrons. The minimum atomic E-state index is -1.38. The average molecular weight is 342 g/mol. The molecule has 0 aromatic heterocycles. The molecule has 0 radical (unpaired) electrons. The second kappa shape index (κ2) is 5.00. The molecule has 4 rings (SSSR count). The lowest BCUT2D eigenvalue weighted by Crippen LogP contribution is -2.59. The molecule has 0 amide bonds. The maximum atomic E-state index is 13.3. The second-order valence-corrected chi connectivity index (χ2v) is 8.99. The fourth-order valence-electron chi connectivity index (χ4n) is 6.61. The van der Waals surface area contributed by atoms with Crippen molar-refractivity contribution in [3.8, 4) is 0 Å². The van der Waals surface area contributed by atoms with Gasteiger partial charge in [0.1, 0.15) is 11.4 Å². The van der Waals surface area contributed by atoms with Gasteiger partial charge in [-0.25, -0.2) is 0 Å². The molecule has 6 atom stereocenters. The number of hydrogen-bond acceptors (Lipinski definition) is 4. The molecular formula is C21H26O4. The van der Waals surface area contributed by atoms with Crippen molar-refractivity contribution < 1.29 is 19.5 Å². The molecule has 0 aliphatic heterocycles. The van der Waals surface area contributed by atoms with Crippen molar-refractivity contribution in [1.82, 2.24) is 0 Å². The Hall–Kier alpha value is -1.55. The molecule has 4 heteroatoms. The number of fused-ring (bicyclic) bond motifs is 5. The first-order valence-corrected chi connectivity index (χ1v) is 9.34. The van der Waals surface area contributed by atoms with Crippen molar-refractivity contribution in [2.24, 2.45) is 28.6 Å². The molecule has 3 fully saturated rings. The lowest BCUT2D eigenvalue weighted by Gasteiger charge is -2.56. The van der Waals surface area contributed by atoms with Crippen LogP contribution in [0.4, 0.5) is 0 Å². The van der Waals surface area contributed by atoms with E-state index in [4.69, 9.17) is 0 Å². The van der Waals surface area contributed by atoms with E-state index in [-0.39, 0.29) is 41.5 Å². The van der Waals surface area contributed by atoms with Gasteiger partial charge in [0.05, 0.1) is 0 Å². The molecule has 0 spiro atoms. The van der Waals surface area contributed by atoms with Crippen LogP contribution in [0.1, 0.15) is 52.9 Å². The molecule has 0 aromatic rings. The average Bonchev–Trinajstić information content (AvgIpc) is 2.80. The van der Waals surface area contributed by atoms with E-state index in [0.717, 1.165) is 24.8 Å². The Balaban J connectivity index is 1.78. The highest BCUT2D eigenvalue weighted by molar-refractivity contribution is 6.02. The maximum Gasteiger partial charge on any atom is 0.178 e. The third kappa shape index (κ3) is 1.95. The van der Waals surface area contributed by atoms with Gasteiger partial charge in [-0.05, 0) is 56.6 Å². The van der Waals surface area contributed by atoms with Crippen molar-refractivity contribution in [1.29, 1.82) is 0 Å². The molecule has 0 aromatic carbocycles. The standard InChI is InChI=1S/C21H26O4/c1-12(22)21(25)9-7-16-15-5-4-13-10-14(23)6-8-19(13,2)18(15)17(24)11-20(16,21)3/h6,8,10,15-16,18,25H,4-5,7,9,11H2,1-3H3/t15-,16-,18?,19-,20-,21-/m0/s1. The Labute approximate surface area is 148 Å². The Morgan fingerprint density at radius 3 is 2.64 bits per heavy atom. The minimum Gasteiger partial charge on any atom is -0.381 e. The van der Waals surface area contributed by atoms with Gasteiger partial charge in [-0.2, -0.15) is 0 Å². The van der Waals surface area contributed by atoms with Gasteiger partial charge in [-0.3, -0.25) is 14.4 Å². The van der Waals surface area contributed by atoms with Crippen molar-refractivity contribution in [3.63, 3.8) is 0 Å². The molecule has 0 heterocycles. The van der Waals surface area contributed by atoms with Crippen LogP contribution < -0.4 is 0 Å². The zero-order chi connectivity index (χ0) is 18.2. The van der Waals surface area contributed by atoms with Crippen LogP contribution in [0.2, 0.25) is 0 Å². The summed E-state index contributed by atoms with van der Waals surface area (Å²) >= 11 is 0. The van der Waals surface area contributed by atoms with Gasteiger partial charge in [0.15, 0.2) is 11.6 Å². The van der Waals surface area contributed by atoms with Crippen LogP contribution >= 0.6 is 0 Å². The van der Waals surface area contributed by atoms with Gasteiger partial charge >= 0.3 is 0 Å². The largest absolute Gasteiger partial charge is 0.381 e. The fourth-order valence-corrected chi connectivity index (χ4v) is 6.61. The summed E-state index contributed by atoms with van der Waals surface area (Å²) < 4.78 is 0. The smallest absolute Gasteiger partial charge is 0.178 e. The van der Waals surface area contributed by atoms with Crippen LogP contribution in [0, 0.1) is 28.6 Å². The molecule has 0 saturated heterocycles. The minimum absolute atomic E-state index is 0.00541. The highest BCUT2D eigenvalue weighted by Crippen LogP contribution is 2.65. The zero-order valence-electron chi connectivity index (χ0n) is 15.2. The van der Waals surface area contributed by atoms with E-state index in [2.05, 4.69) is 6.92 Å². The van der Waals surface area contributed by atoms with Crippen LogP contribution in [0.25, 0.3) is 0 Å². The second-order valence-electron chi connectivity index (χ2n) is 8.99. The predicted molar refractivity (Wildman–Crippen MR) is 92.6 cm³/mol. The molecule has 0 bridgehead atoms. The first kappa shape index (κ1) is 16.9. The normalized spacial score (nSPS) is 48.5. The van der Waals surface area contributed by atoms with Crippen LogP contribution in [-0.4, -0.2) is 28.1 Å². The molecule has 3 saturated carbocycles. The van der Waals surface area contributed by atoms with E-state index in [1.54, 1.807) is 12.2 Å². The van der Waals surface area contributed by atoms with E-state index >= 15 is 0 Å². The zero-order valence-corrected chi connectivity index (χ0v) is 15.2. The number of Topliss-reactive ketones (excluding diaryl/α,β-unsaturated/α-hetero) is 2. The number of rotatable bonds is 1. The van der Waals surface area contributed by atoms with Crippen molar-refractivity contribution >= 4 is 17.3 Å². The summed E-state index contributed by atoms with van der Waals surface area (Å²) in [5, 5.41) is 11.1. The summed E-state index contributed by atoms with van der Waals surface area (Å²) in [6, 6.07) is 0. The molecular weight excluding hydrogens is 316 g/mol. The quantitative estimate of drug-likeness (QED) is 0.795. The molecule has 4 nitrogen and oxygen atoms in total. The molecule has 4 aliphatic rings. The van der Waals surface area contributed by atoms with E-state index < -0.39 is 16.4 Å². The molecule has 1 N–H and O–H groups in total. The molecule has 1 unspecified atom stereocenters. The Kier molecular flexibility index (Phi) is 3.38. The first-order valence-electron chi connectivity index (χ1n) is 9.34. The van der Waals surface area contributed by atoms with Crippen molar-refractivity contribution in [2.75, 3.05) is 0 Å². The number of hydrogen-bond donors (Lipinski definition) is 1. The number of carbonyl (C=O) groups excluding carboxylic acids is 3. The van der Waals surface area contributed by atoms with Crippen LogP contribution in [-0.2, 0) is 14.4 Å². The SMILES string of the molecule is CC(=O)[C@@]1(O)CC[C@H]2[C@@H]3CCC4=CC(=O)C=C[C@]4(C)C3C(=O)C[C@@]21C. The van der Waals surface area contributed by atoms with E-state index in [1.807, 2.05) is 13.0 Å². The third-order valence-electron chi connectivity index (χ3n) is 7.99. The predicted octanol–water partition coefficient (Wildman–Crippen LogP) is 2.79. The first-order chi connectivity index (χ1) is 11.6. The molecule has 4 aliphatic carbocycles. The van der Waals surface area contributed by atoms with Gasteiger partial charge in [-0.1, -0.05) is 25.5 Å². The van der Waals surface area contributed by atoms with Gasteiger partial charge in [0.25, 0.3) is 0 Å². The highest BCUT2D eigenvalue weighted by Gasteiger charge is 2.67. The lowest BCUT2D eigenvalue weighted by molar-refractivity contribution is -0.165. The summed E-state index contributed by atoms with van der Waals surface area (Å²) in [7, 11) is 0. The number of ketones is 3. The van der Waals surface area contributed by atoms with E-state index in [9.17, 15) is 19.5 Å². The third-order valence-corrected chi connectivity index (χ3v) is 7.99. The van der Waals surface area contributed by atoms with Crippen molar-refractivity contribution in [2.45, 2.75) is 58.5 Å². The van der Waals surface area contributed by atoms with Crippen LogP contribution in [0.5, 0.6) is 0 Å². The summed E-state index contributed by atoms with van der Waals surface area (Å²) in [6.45, 7) is 5.46. The van der Waals surface area contributed by atoms with E-state index in [0.29, 0.717) is 6.42 Å². The number of carbonyl (C=O) groups is 3. The summed E-state index contributed by atoms with van der Waals surface area (Å²) in [5.41, 5.74) is -1.37. The number of aliphatic hydroxyl groups is 1. The van der Waals surface area contributed by atoms with Gasteiger partial charge in [0.2, 0.25) is 0 Å². The summed E-state index contributed by atoms with van der Waals surface area (Å²) in [6.07, 6.45) is 8.38. The Bertz CT molecular complexity index is 747. The van der Waals surface area contributed by atoms with Crippen LogP contribution in [0.3, 0.4) is 0 Å². The van der Waals surface area contributed by atoms with E-state index in [1.165, 1.54) is 6.92 Å². The summed E-state index contributed by atoms with van der Waals surface area (Å²) in [4.78, 5) is 37.2. The lowest BCUT2D eigenvalue weighted by atomic mass is 9.46. The Morgan fingerprint density at radius 1 is 1.24 bits per heavy atom. The monoisotopic (exact) mass is 342 g/mol.